The third-order valence-electron chi connectivity index (χ3n) is 9.90. The molecule has 0 spiro atoms. The van der Waals surface area contributed by atoms with Crippen molar-refractivity contribution in [1.29, 1.82) is 0 Å². The van der Waals surface area contributed by atoms with E-state index in [-0.39, 0.29) is 10.8 Å². The van der Waals surface area contributed by atoms with Gasteiger partial charge in [0.2, 0.25) is 0 Å². The molecule has 0 unspecified atom stereocenters. The lowest BCUT2D eigenvalue weighted by atomic mass is 9.71. The van der Waals surface area contributed by atoms with Crippen LogP contribution >= 0.6 is 54.5 Å². The number of rotatable bonds is 8. The molecule has 2 aliphatic rings. The third kappa shape index (κ3) is 7.30. The number of benzene rings is 4. The van der Waals surface area contributed by atoms with E-state index in [1.165, 1.54) is 108 Å². The first kappa shape index (κ1) is 36.6. The Balaban J connectivity index is 0.000000189. The second kappa shape index (κ2) is 15.1. The van der Waals surface area contributed by atoms with Crippen LogP contribution < -0.4 is 0 Å². The Morgan fingerprint density at radius 2 is 0.936 bits per heavy atom. The average Bonchev–Trinajstić information content (AvgIpc) is 3.42. The van der Waals surface area contributed by atoms with Gasteiger partial charge in [0.25, 0.3) is 0 Å². The van der Waals surface area contributed by atoms with Crippen molar-refractivity contribution in [3.8, 4) is 33.7 Å². The average molecular weight is 881 g/mol. The molecule has 0 radical (unpaired) electrons. The van der Waals surface area contributed by atoms with Crippen molar-refractivity contribution in [1.82, 2.24) is 0 Å². The molecule has 246 valence electrons. The van der Waals surface area contributed by atoms with Crippen LogP contribution in [0.2, 0.25) is 19.6 Å². The van der Waals surface area contributed by atoms with Crippen LogP contribution in [0.3, 0.4) is 0 Å². The highest BCUT2D eigenvalue weighted by Crippen LogP contribution is 2.56. The molecular weight excluding hydrogens is 831 g/mol. The minimum Gasteiger partial charge on any atom is -0.127 e. The Labute approximate surface area is 316 Å². The first-order chi connectivity index (χ1) is 22.4. The van der Waals surface area contributed by atoms with E-state index in [0.717, 1.165) is 0 Å². The van der Waals surface area contributed by atoms with E-state index < -0.39 is 8.07 Å². The van der Waals surface area contributed by atoms with Crippen molar-refractivity contribution < 1.29 is 0 Å². The molecule has 0 nitrogen and oxygen atoms in total. The first-order valence-corrected chi connectivity index (χ1v) is 23.7. The van der Waals surface area contributed by atoms with Crippen LogP contribution in [0.15, 0.2) is 81.7 Å². The maximum Gasteiger partial charge on any atom is 0.129 e. The molecule has 47 heavy (non-hydrogen) atoms. The maximum absolute atomic E-state index is 3.71. The zero-order chi connectivity index (χ0) is 34.0. The van der Waals surface area contributed by atoms with E-state index in [1.807, 2.05) is 0 Å². The molecule has 0 saturated heterocycles. The predicted octanol–water partition coefficient (Wildman–Crippen LogP) is 14.5. The first-order valence-electron chi connectivity index (χ1n) is 17.5. The van der Waals surface area contributed by atoms with Crippen LogP contribution in [0, 0.1) is 15.0 Å². The van der Waals surface area contributed by atoms with Gasteiger partial charge in [-0.1, -0.05) is 135 Å². The van der Waals surface area contributed by atoms with Gasteiger partial charge in [-0.25, -0.2) is 0 Å². The molecule has 0 amide bonds. The Morgan fingerprint density at radius 1 is 0.553 bits per heavy atom. The minimum absolute atomic E-state index is 0.134. The highest BCUT2D eigenvalue weighted by atomic mass is 127. The van der Waals surface area contributed by atoms with Crippen molar-refractivity contribution in [2.45, 2.75) is 110 Å². The molecule has 4 aromatic carbocycles. The fraction of sp³-hybridized carbons (Fsp3) is 0.395. The lowest BCUT2D eigenvalue weighted by Gasteiger charge is -2.32. The van der Waals surface area contributed by atoms with E-state index in [4.69, 9.17) is 0 Å². The van der Waals surface area contributed by atoms with Crippen LogP contribution in [-0.4, -0.2) is 8.07 Å². The molecule has 4 aromatic rings. The molecule has 0 heterocycles. The van der Waals surface area contributed by atoms with Crippen LogP contribution in [0.5, 0.6) is 0 Å². The maximum atomic E-state index is 3.71. The van der Waals surface area contributed by atoms with Gasteiger partial charge in [0.15, 0.2) is 0 Å². The van der Waals surface area contributed by atoms with Gasteiger partial charge in [-0.2, -0.15) is 0 Å². The quantitative estimate of drug-likeness (QED) is 0.0940. The molecule has 0 fully saturated rings. The van der Waals surface area contributed by atoms with Crippen LogP contribution in [-0.2, 0) is 10.8 Å². The Bertz CT molecular complexity index is 1750. The molecule has 4 heteroatoms. The molecule has 0 aliphatic heterocycles. The highest BCUT2D eigenvalue weighted by molar-refractivity contribution is 14.1. The topological polar surface area (TPSA) is 0 Å². The predicted molar refractivity (Wildman–Crippen MR) is 223 cm³/mol. The van der Waals surface area contributed by atoms with Gasteiger partial charge < -0.3 is 0 Å². The lowest BCUT2D eigenvalue weighted by molar-refractivity contribution is 0.435. The Morgan fingerprint density at radius 3 is 1.36 bits per heavy atom. The largest absolute Gasteiger partial charge is 0.129 e. The van der Waals surface area contributed by atoms with Crippen molar-refractivity contribution in [2.24, 2.45) is 0 Å². The number of hydrogen-bond acceptors (Lipinski definition) is 0. The molecule has 0 atom stereocenters. The summed E-state index contributed by atoms with van der Waals surface area (Å²) < 4.78 is 3.72. The molecule has 0 saturated carbocycles. The van der Waals surface area contributed by atoms with Gasteiger partial charge in [-0.05, 0) is 141 Å². The van der Waals surface area contributed by atoms with Crippen molar-refractivity contribution >= 4 is 62.5 Å². The van der Waals surface area contributed by atoms with Crippen LogP contribution in [0.4, 0.5) is 0 Å². The zero-order valence-corrected chi connectivity index (χ0v) is 35.5. The summed E-state index contributed by atoms with van der Waals surface area (Å²) in [6.45, 7) is 16.1. The molecule has 0 aromatic heterocycles. The van der Waals surface area contributed by atoms with Gasteiger partial charge in [0.1, 0.15) is 8.07 Å². The smallest absolute Gasteiger partial charge is 0.127 e. The van der Waals surface area contributed by atoms with Gasteiger partial charge in [-0.15, -0.1) is 5.54 Å². The normalized spacial score (nSPS) is 14.6. The zero-order valence-electron chi connectivity index (χ0n) is 29.2. The summed E-state index contributed by atoms with van der Waals surface area (Å²) in [7, 11) is -1.37. The fourth-order valence-corrected chi connectivity index (χ4v) is 10.0. The van der Waals surface area contributed by atoms with Gasteiger partial charge in [0, 0.05) is 28.9 Å². The van der Waals surface area contributed by atoms with Crippen molar-refractivity contribution in [2.75, 3.05) is 0 Å². The van der Waals surface area contributed by atoms with E-state index in [9.17, 15) is 0 Å². The fourth-order valence-electron chi connectivity index (χ4n) is 8.28. The van der Waals surface area contributed by atoms with E-state index >= 15 is 0 Å². The number of fused-ring (bicyclic) bond motifs is 6. The number of halogens is 3. The molecule has 2 aliphatic carbocycles. The van der Waals surface area contributed by atoms with Crippen molar-refractivity contribution in [3.63, 3.8) is 0 Å². The van der Waals surface area contributed by atoms with E-state index in [2.05, 4.69) is 186 Å². The highest BCUT2D eigenvalue weighted by Gasteiger charge is 2.43. The van der Waals surface area contributed by atoms with Crippen molar-refractivity contribution in [3.05, 3.63) is 113 Å². The summed E-state index contributed by atoms with van der Waals surface area (Å²) >= 11 is 9.83. The summed E-state index contributed by atoms with van der Waals surface area (Å²) in [4.78, 5) is 0. The third-order valence-corrected chi connectivity index (χ3v) is 12.4. The standard InChI is InChI=1S/C24H29BrSi.C19H20BrI/c1-6-13-24(14-7-2)22-16-18(12-15-26(3,4)5)8-10-20(22)21-11-9-19(25)17-23(21)24;1-3-9-19(10-4-2)17-11-13(20)5-7-15(17)16-8-6-14(21)12-18(16)19/h8-11,16-17H,6-7,13-14H2,1-5H3;5-8,11-12H,3-4,9-10H2,1-2H3. The van der Waals surface area contributed by atoms with Crippen LogP contribution in [0.1, 0.15) is 107 Å². The SMILES string of the molecule is CCCC1(CCC)c2cc(Br)ccc2-c2ccc(C#C[Si](C)(C)C)cc21.CCCC1(CCC)c2cc(Br)ccc2-c2ccc(I)cc21. The number of hydrogen-bond donors (Lipinski definition) is 0. The summed E-state index contributed by atoms with van der Waals surface area (Å²) in [6.07, 6.45) is 9.68. The van der Waals surface area contributed by atoms with E-state index in [1.54, 1.807) is 5.56 Å². The summed E-state index contributed by atoms with van der Waals surface area (Å²) in [5, 5.41) is 0. The summed E-state index contributed by atoms with van der Waals surface area (Å²) in [5.74, 6) is 3.48. The molecule has 0 bridgehead atoms. The molecule has 0 N–H and O–H groups in total. The van der Waals surface area contributed by atoms with Gasteiger partial charge >= 0.3 is 0 Å². The second-order valence-electron chi connectivity index (χ2n) is 14.5. The van der Waals surface area contributed by atoms with Crippen LogP contribution in [0.25, 0.3) is 22.3 Å². The Hall–Kier alpha value is -1.65. The summed E-state index contributed by atoms with van der Waals surface area (Å²) in [6, 6.07) is 27.5. The second-order valence-corrected chi connectivity index (χ2v) is 22.3. The molecule has 6 rings (SSSR count). The van der Waals surface area contributed by atoms with Gasteiger partial charge in [0.05, 0.1) is 0 Å². The van der Waals surface area contributed by atoms with Gasteiger partial charge in [-0.3, -0.25) is 0 Å². The minimum atomic E-state index is -1.37. The van der Waals surface area contributed by atoms with E-state index in [0.29, 0.717) is 0 Å². The summed E-state index contributed by atoms with van der Waals surface area (Å²) in [5.41, 5.74) is 16.8. The monoisotopic (exact) mass is 878 g/mol. The molecular formula is C43H49Br2ISi. The lowest BCUT2D eigenvalue weighted by Crippen LogP contribution is -2.25. The Kier molecular flexibility index (Phi) is 11.7.